The number of carbonyl (C=O) groups excluding carboxylic acids is 1. The molecule has 186 valence electrons. The molecule has 4 nitrogen and oxygen atoms in total. The van der Waals surface area contributed by atoms with Crippen LogP contribution in [0.1, 0.15) is 34.3 Å². The molecular formula is C27H22Cl2F3N3O. The molecule has 36 heavy (non-hydrogen) atoms. The van der Waals surface area contributed by atoms with E-state index in [1.165, 1.54) is 29.2 Å². The van der Waals surface area contributed by atoms with E-state index in [-0.39, 0.29) is 22.7 Å². The van der Waals surface area contributed by atoms with Crippen molar-refractivity contribution in [3.05, 3.63) is 81.3 Å². The number of amides is 1. The van der Waals surface area contributed by atoms with Crippen molar-refractivity contribution in [1.82, 2.24) is 10.2 Å². The van der Waals surface area contributed by atoms with Crippen molar-refractivity contribution in [2.75, 3.05) is 20.1 Å². The summed E-state index contributed by atoms with van der Waals surface area (Å²) in [5.74, 6) is -0.609. The number of rotatable bonds is 4. The molecule has 0 atom stereocenters. The van der Waals surface area contributed by atoms with Crippen LogP contribution in [0, 0.1) is 11.3 Å². The third-order valence-electron chi connectivity index (χ3n) is 6.42. The van der Waals surface area contributed by atoms with Crippen molar-refractivity contribution in [2.45, 2.75) is 25.1 Å². The van der Waals surface area contributed by atoms with Crippen LogP contribution in [0.25, 0.3) is 22.3 Å². The Kier molecular flexibility index (Phi) is 7.60. The summed E-state index contributed by atoms with van der Waals surface area (Å²) in [6, 6.07) is 16.5. The smallest absolute Gasteiger partial charge is 0.339 e. The number of nitriles is 1. The van der Waals surface area contributed by atoms with Gasteiger partial charge in [0.1, 0.15) is 0 Å². The van der Waals surface area contributed by atoms with E-state index < -0.39 is 27.7 Å². The van der Waals surface area contributed by atoms with Gasteiger partial charge < -0.3 is 10.2 Å². The normalized spacial score (nSPS) is 14.4. The number of alkyl halides is 3. The third-order valence-corrected chi connectivity index (χ3v) is 7.17. The van der Waals surface area contributed by atoms with E-state index in [1.54, 1.807) is 37.4 Å². The second-order valence-electron chi connectivity index (χ2n) is 8.58. The molecule has 0 spiro atoms. The molecule has 1 N–H and O–H groups in total. The van der Waals surface area contributed by atoms with Crippen LogP contribution < -0.4 is 5.32 Å². The number of benzene rings is 3. The number of carbonyl (C=O) groups is 1. The second kappa shape index (κ2) is 10.5. The van der Waals surface area contributed by atoms with Gasteiger partial charge in [-0.05, 0) is 49.2 Å². The van der Waals surface area contributed by atoms with E-state index in [9.17, 15) is 23.2 Å². The molecule has 1 aliphatic heterocycles. The maximum atomic E-state index is 14.3. The molecule has 4 rings (SSSR count). The molecule has 0 unspecified atom stereocenters. The fourth-order valence-corrected chi connectivity index (χ4v) is 5.38. The Morgan fingerprint density at radius 2 is 1.56 bits per heavy atom. The Morgan fingerprint density at radius 1 is 0.972 bits per heavy atom. The van der Waals surface area contributed by atoms with Crippen LogP contribution in [0.2, 0.25) is 10.0 Å². The van der Waals surface area contributed by atoms with Gasteiger partial charge in [-0.1, -0.05) is 65.7 Å². The average molecular weight is 532 g/mol. The van der Waals surface area contributed by atoms with Gasteiger partial charge in [0.15, 0.2) is 0 Å². The minimum absolute atomic E-state index is 0.0335. The maximum absolute atomic E-state index is 14.3. The summed E-state index contributed by atoms with van der Waals surface area (Å²) in [5, 5.41) is 11.1. The molecule has 9 heteroatoms. The van der Waals surface area contributed by atoms with Crippen molar-refractivity contribution in [3.63, 3.8) is 0 Å². The van der Waals surface area contributed by atoms with E-state index in [0.29, 0.717) is 42.6 Å². The number of nitrogens with zero attached hydrogens (tertiary/aromatic N) is 2. The average Bonchev–Trinajstić information content (AvgIpc) is 2.88. The highest BCUT2D eigenvalue weighted by Crippen LogP contribution is 2.51. The highest BCUT2D eigenvalue weighted by molar-refractivity contribution is 6.41. The van der Waals surface area contributed by atoms with Crippen LogP contribution in [0.15, 0.2) is 54.6 Å². The van der Waals surface area contributed by atoms with Gasteiger partial charge in [-0.15, -0.1) is 0 Å². The summed E-state index contributed by atoms with van der Waals surface area (Å²) < 4.78 is 42.9. The summed E-state index contributed by atoms with van der Waals surface area (Å²) in [5.41, 5.74) is -0.0923. The number of halogens is 5. The van der Waals surface area contributed by atoms with E-state index >= 15 is 0 Å². The van der Waals surface area contributed by atoms with Gasteiger partial charge in [-0.2, -0.15) is 18.4 Å². The minimum Gasteiger partial charge on any atom is -0.339 e. The van der Waals surface area contributed by atoms with Crippen LogP contribution in [-0.2, 0) is 6.18 Å². The van der Waals surface area contributed by atoms with Crippen LogP contribution in [-0.4, -0.2) is 37.0 Å². The van der Waals surface area contributed by atoms with Gasteiger partial charge in [0.25, 0.3) is 5.91 Å². The fourth-order valence-electron chi connectivity index (χ4n) is 4.55. The van der Waals surface area contributed by atoms with Crippen molar-refractivity contribution in [3.8, 4) is 28.3 Å². The standard InChI is InChI=1S/C27H22Cl2F3N3O/c1-35(19-11-13-34-14-12-19)26(36)22-20(17-5-3-2-4-6-17)21(18-9-7-16(15-33)8-10-18)24(28)23(25(22)29)27(30,31)32/h2-10,19,34H,11-14H2,1H3. The summed E-state index contributed by atoms with van der Waals surface area (Å²) in [4.78, 5) is 15.4. The van der Waals surface area contributed by atoms with Gasteiger partial charge in [-0.25, -0.2) is 0 Å². The van der Waals surface area contributed by atoms with E-state index in [2.05, 4.69) is 5.32 Å². The zero-order chi connectivity index (χ0) is 26.0. The van der Waals surface area contributed by atoms with Gasteiger partial charge in [0.05, 0.1) is 32.8 Å². The topological polar surface area (TPSA) is 56.1 Å². The summed E-state index contributed by atoms with van der Waals surface area (Å²) in [6.45, 7) is 1.40. The SMILES string of the molecule is CN(C(=O)c1c(Cl)c(C(F)(F)F)c(Cl)c(-c2ccc(C#N)cc2)c1-c1ccccc1)C1CCNCC1. The number of hydrogen-bond donors (Lipinski definition) is 1. The van der Waals surface area contributed by atoms with E-state index in [4.69, 9.17) is 23.2 Å². The Hall–Kier alpha value is -3.05. The summed E-state index contributed by atoms with van der Waals surface area (Å²) in [7, 11) is 1.59. The lowest BCUT2D eigenvalue weighted by Gasteiger charge is -2.33. The number of nitrogens with one attached hydrogen (secondary N) is 1. The first-order valence-electron chi connectivity index (χ1n) is 11.3. The third kappa shape index (κ3) is 4.94. The molecule has 0 aromatic heterocycles. The quantitative estimate of drug-likeness (QED) is 0.392. The lowest BCUT2D eigenvalue weighted by Crippen LogP contribution is -2.44. The van der Waals surface area contributed by atoms with Crippen molar-refractivity contribution >= 4 is 29.1 Å². The van der Waals surface area contributed by atoms with E-state index in [0.717, 1.165) is 0 Å². The van der Waals surface area contributed by atoms with Crippen LogP contribution >= 0.6 is 23.2 Å². The second-order valence-corrected chi connectivity index (χ2v) is 9.33. The van der Waals surface area contributed by atoms with E-state index in [1.807, 2.05) is 6.07 Å². The fraction of sp³-hybridized carbons (Fsp3) is 0.259. The Morgan fingerprint density at radius 3 is 2.11 bits per heavy atom. The molecule has 0 bridgehead atoms. The molecular weight excluding hydrogens is 510 g/mol. The molecule has 1 amide bonds. The molecule has 0 radical (unpaired) electrons. The van der Waals surface area contributed by atoms with Crippen LogP contribution in [0.4, 0.5) is 13.2 Å². The number of piperidine rings is 1. The predicted molar refractivity (Wildman–Crippen MR) is 135 cm³/mol. The van der Waals surface area contributed by atoms with Gasteiger partial charge in [0, 0.05) is 24.2 Å². The zero-order valence-electron chi connectivity index (χ0n) is 19.3. The Bertz CT molecular complexity index is 1310. The number of hydrogen-bond acceptors (Lipinski definition) is 3. The van der Waals surface area contributed by atoms with Crippen LogP contribution in [0.5, 0.6) is 0 Å². The van der Waals surface area contributed by atoms with Gasteiger partial charge in [-0.3, -0.25) is 4.79 Å². The Labute approximate surface area is 217 Å². The van der Waals surface area contributed by atoms with Crippen molar-refractivity contribution < 1.29 is 18.0 Å². The lowest BCUT2D eigenvalue weighted by molar-refractivity contribution is -0.137. The zero-order valence-corrected chi connectivity index (χ0v) is 20.8. The molecule has 1 saturated heterocycles. The monoisotopic (exact) mass is 531 g/mol. The van der Waals surface area contributed by atoms with Crippen molar-refractivity contribution in [2.24, 2.45) is 0 Å². The van der Waals surface area contributed by atoms with Gasteiger partial charge >= 0.3 is 6.18 Å². The molecule has 1 fully saturated rings. The summed E-state index contributed by atoms with van der Waals surface area (Å²) in [6.07, 6.45) is -3.57. The first-order valence-corrected chi connectivity index (χ1v) is 12.1. The molecule has 3 aromatic rings. The minimum atomic E-state index is -4.91. The van der Waals surface area contributed by atoms with Gasteiger partial charge in [0.2, 0.25) is 0 Å². The highest BCUT2D eigenvalue weighted by Gasteiger charge is 2.42. The Balaban J connectivity index is 2.07. The summed E-state index contributed by atoms with van der Waals surface area (Å²) >= 11 is 12.9. The largest absolute Gasteiger partial charge is 0.419 e. The highest BCUT2D eigenvalue weighted by atomic mass is 35.5. The predicted octanol–water partition coefficient (Wildman–Crippen LogP) is 7.04. The van der Waals surface area contributed by atoms with Crippen molar-refractivity contribution in [1.29, 1.82) is 5.26 Å². The maximum Gasteiger partial charge on any atom is 0.419 e. The molecule has 0 aliphatic carbocycles. The molecule has 1 aliphatic rings. The lowest BCUT2D eigenvalue weighted by atomic mass is 9.87. The molecule has 3 aromatic carbocycles. The first-order chi connectivity index (χ1) is 17.1. The van der Waals surface area contributed by atoms with Crippen LogP contribution in [0.3, 0.4) is 0 Å². The molecule has 1 heterocycles. The molecule has 0 saturated carbocycles. The first kappa shape index (κ1) is 26.0.